The Hall–Kier alpha value is -3.00. The van der Waals surface area contributed by atoms with Crippen LogP contribution in [0.2, 0.25) is 0 Å². The van der Waals surface area contributed by atoms with E-state index in [4.69, 9.17) is 13.9 Å². The number of rotatable bonds is 2. The Labute approximate surface area is 156 Å². The lowest BCUT2D eigenvalue weighted by atomic mass is 10.2. The third kappa shape index (κ3) is 3.23. The molecule has 4 rings (SSSR count). The van der Waals surface area contributed by atoms with Gasteiger partial charge in [0, 0.05) is 9.86 Å². The maximum atomic E-state index is 12.2. The summed E-state index contributed by atoms with van der Waals surface area (Å²) in [5, 5.41) is 0.775. The van der Waals surface area contributed by atoms with Crippen molar-refractivity contribution in [3.05, 3.63) is 58.8 Å². The van der Waals surface area contributed by atoms with E-state index in [1.54, 1.807) is 30.3 Å². The van der Waals surface area contributed by atoms with E-state index in [1.165, 1.54) is 0 Å². The van der Waals surface area contributed by atoms with Crippen molar-refractivity contribution in [2.45, 2.75) is 6.10 Å². The molecule has 3 aromatic rings. The van der Waals surface area contributed by atoms with Gasteiger partial charge in [0.05, 0.1) is 0 Å². The maximum Gasteiger partial charge on any atom is 0.305 e. The highest BCUT2D eigenvalue weighted by molar-refractivity contribution is 9.10. The zero-order valence-electron chi connectivity index (χ0n) is 13.3. The highest BCUT2D eigenvalue weighted by Gasteiger charge is 2.27. The van der Waals surface area contributed by atoms with Crippen molar-refractivity contribution in [1.82, 2.24) is 10.9 Å². The molecule has 0 radical (unpaired) electrons. The smallest absolute Gasteiger partial charge is 0.305 e. The minimum atomic E-state index is -0.864. The van der Waals surface area contributed by atoms with E-state index < -0.39 is 17.9 Å². The molecule has 0 bridgehead atoms. The molecular formula is C18H13BrN2O5. The van der Waals surface area contributed by atoms with Gasteiger partial charge in [0.2, 0.25) is 6.10 Å². The molecule has 0 saturated heterocycles. The molecule has 132 valence electrons. The molecule has 2 amide bonds. The molecule has 1 aromatic heterocycles. The molecule has 7 nitrogen and oxygen atoms in total. The van der Waals surface area contributed by atoms with Crippen molar-refractivity contribution < 1.29 is 23.5 Å². The van der Waals surface area contributed by atoms with Crippen LogP contribution in [0.4, 0.5) is 0 Å². The number of nitrogens with one attached hydrogen (secondary N) is 2. The first kappa shape index (κ1) is 16.5. The summed E-state index contributed by atoms with van der Waals surface area (Å²) in [6, 6.07) is 14.0. The molecule has 26 heavy (non-hydrogen) atoms. The number of amides is 2. The van der Waals surface area contributed by atoms with Crippen molar-refractivity contribution in [3.63, 3.8) is 0 Å². The predicted molar refractivity (Wildman–Crippen MR) is 95.9 cm³/mol. The molecule has 1 atom stereocenters. The Kier molecular flexibility index (Phi) is 4.26. The first-order chi connectivity index (χ1) is 12.6. The van der Waals surface area contributed by atoms with Gasteiger partial charge in [-0.05, 0) is 36.4 Å². The highest BCUT2D eigenvalue weighted by atomic mass is 79.9. The number of ether oxygens (including phenoxy) is 2. The van der Waals surface area contributed by atoms with E-state index >= 15 is 0 Å². The summed E-state index contributed by atoms with van der Waals surface area (Å²) in [6.07, 6.45) is -0.864. The van der Waals surface area contributed by atoms with Crippen LogP contribution in [0.25, 0.3) is 11.0 Å². The van der Waals surface area contributed by atoms with Crippen LogP contribution in [0.15, 0.2) is 57.4 Å². The van der Waals surface area contributed by atoms with Crippen LogP contribution in [0.1, 0.15) is 10.6 Å². The molecule has 1 aliphatic heterocycles. The number of hydrazine groups is 1. The van der Waals surface area contributed by atoms with Gasteiger partial charge in [-0.25, -0.2) is 0 Å². The number of fused-ring (bicyclic) bond motifs is 2. The fourth-order valence-corrected chi connectivity index (χ4v) is 2.91. The van der Waals surface area contributed by atoms with Gasteiger partial charge < -0.3 is 13.9 Å². The number of carbonyl (C=O) groups is 2. The van der Waals surface area contributed by atoms with E-state index in [1.807, 2.05) is 18.2 Å². The molecule has 1 unspecified atom stereocenters. The van der Waals surface area contributed by atoms with Crippen LogP contribution < -0.4 is 20.3 Å². The molecule has 0 saturated carbocycles. The highest BCUT2D eigenvalue weighted by Crippen LogP contribution is 2.30. The standard InChI is InChI=1S/C18H13BrN2O5/c19-11-5-6-12-10(7-11)8-15(25-12)17(22)20-21-18(23)16-9-24-13-3-1-2-4-14(13)26-16/h1-8,16H,9H2,(H,20,22)(H,21,23). The number of hydrogen-bond donors (Lipinski definition) is 2. The summed E-state index contributed by atoms with van der Waals surface area (Å²) in [7, 11) is 0. The largest absolute Gasteiger partial charge is 0.485 e. The Morgan fingerprint density at radius 2 is 1.85 bits per heavy atom. The van der Waals surface area contributed by atoms with Gasteiger partial charge >= 0.3 is 5.91 Å². The molecule has 1 aliphatic rings. The van der Waals surface area contributed by atoms with E-state index in [0.29, 0.717) is 17.1 Å². The normalized spacial score (nSPS) is 15.5. The van der Waals surface area contributed by atoms with Crippen LogP contribution in [0, 0.1) is 0 Å². The van der Waals surface area contributed by atoms with Crippen LogP contribution in [0.3, 0.4) is 0 Å². The lowest BCUT2D eigenvalue weighted by Crippen LogP contribution is -2.50. The average Bonchev–Trinajstić information content (AvgIpc) is 3.08. The SMILES string of the molecule is O=C(NNC(=O)C1COc2ccccc2O1)c1cc2cc(Br)ccc2o1. The summed E-state index contributed by atoms with van der Waals surface area (Å²) in [6.45, 7) is 0.0530. The lowest BCUT2D eigenvalue weighted by molar-refractivity contribution is -0.131. The monoisotopic (exact) mass is 416 g/mol. The number of para-hydroxylation sites is 2. The summed E-state index contributed by atoms with van der Waals surface area (Å²) < 4.78 is 17.4. The van der Waals surface area contributed by atoms with E-state index in [9.17, 15) is 9.59 Å². The van der Waals surface area contributed by atoms with Crippen LogP contribution in [-0.4, -0.2) is 24.5 Å². The third-order valence-corrected chi connectivity index (χ3v) is 4.30. The van der Waals surface area contributed by atoms with Gasteiger partial charge in [0.15, 0.2) is 17.3 Å². The van der Waals surface area contributed by atoms with Gasteiger partial charge in [-0.1, -0.05) is 28.1 Å². The number of carbonyl (C=O) groups excluding carboxylic acids is 2. The Morgan fingerprint density at radius 3 is 2.69 bits per heavy atom. The molecule has 0 spiro atoms. The number of hydrogen-bond acceptors (Lipinski definition) is 5. The summed E-state index contributed by atoms with van der Waals surface area (Å²) in [5.41, 5.74) is 5.21. The van der Waals surface area contributed by atoms with Crippen molar-refractivity contribution in [3.8, 4) is 11.5 Å². The third-order valence-electron chi connectivity index (χ3n) is 3.80. The van der Waals surface area contributed by atoms with Crippen molar-refractivity contribution in [2.24, 2.45) is 0 Å². The molecule has 0 aliphatic carbocycles. The quantitative estimate of drug-likeness (QED) is 0.626. The number of benzene rings is 2. The molecule has 2 N–H and O–H groups in total. The molecule has 2 aromatic carbocycles. The van der Waals surface area contributed by atoms with E-state index in [-0.39, 0.29) is 12.4 Å². The lowest BCUT2D eigenvalue weighted by Gasteiger charge is -2.25. The molecule has 2 heterocycles. The second-order valence-corrected chi connectivity index (χ2v) is 6.52. The van der Waals surface area contributed by atoms with Crippen molar-refractivity contribution >= 4 is 38.7 Å². The van der Waals surface area contributed by atoms with Crippen molar-refractivity contribution in [2.75, 3.05) is 6.61 Å². The zero-order chi connectivity index (χ0) is 18.1. The summed E-state index contributed by atoms with van der Waals surface area (Å²) in [5.74, 6) is 0.0566. The van der Waals surface area contributed by atoms with Gasteiger partial charge in [-0.3, -0.25) is 20.4 Å². The van der Waals surface area contributed by atoms with E-state index in [2.05, 4.69) is 26.8 Å². The van der Waals surface area contributed by atoms with Crippen molar-refractivity contribution in [1.29, 1.82) is 0 Å². The first-order valence-electron chi connectivity index (χ1n) is 7.78. The number of furan rings is 1. The fraction of sp³-hybridized carbons (Fsp3) is 0.111. The topological polar surface area (TPSA) is 89.8 Å². The second kappa shape index (κ2) is 6.72. The molecule has 8 heteroatoms. The summed E-state index contributed by atoms with van der Waals surface area (Å²) in [4.78, 5) is 24.4. The van der Waals surface area contributed by atoms with E-state index in [0.717, 1.165) is 9.86 Å². The molecule has 0 fully saturated rings. The van der Waals surface area contributed by atoms with Crippen LogP contribution in [0.5, 0.6) is 11.5 Å². The Bertz CT molecular complexity index is 1000. The molecular weight excluding hydrogens is 404 g/mol. The fourth-order valence-electron chi connectivity index (χ4n) is 2.54. The minimum Gasteiger partial charge on any atom is -0.485 e. The first-order valence-corrected chi connectivity index (χ1v) is 8.57. The Balaban J connectivity index is 1.38. The summed E-state index contributed by atoms with van der Waals surface area (Å²) >= 11 is 3.36. The maximum absolute atomic E-state index is 12.2. The van der Waals surface area contributed by atoms with Gasteiger partial charge in [0.1, 0.15) is 12.2 Å². The van der Waals surface area contributed by atoms with Crippen LogP contribution >= 0.6 is 15.9 Å². The van der Waals surface area contributed by atoms with Gasteiger partial charge in [-0.2, -0.15) is 0 Å². The number of halogens is 1. The minimum absolute atomic E-state index is 0.0530. The zero-order valence-corrected chi connectivity index (χ0v) is 14.9. The average molecular weight is 417 g/mol. The predicted octanol–water partition coefficient (Wildman–Crippen LogP) is 2.80. The van der Waals surface area contributed by atoms with Gasteiger partial charge in [-0.15, -0.1) is 0 Å². The second-order valence-electron chi connectivity index (χ2n) is 5.60. The van der Waals surface area contributed by atoms with Gasteiger partial charge in [0.25, 0.3) is 5.91 Å². The van der Waals surface area contributed by atoms with Crippen LogP contribution in [-0.2, 0) is 4.79 Å². The Morgan fingerprint density at radius 1 is 1.04 bits per heavy atom.